The first-order valence-electron chi connectivity index (χ1n) is 17.9. The maximum Gasteiger partial charge on any atom is 0.513 e. The maximum atomic E-state index is 12.0. The van der Waals surface area contributed by atoms with Gasteiger partial charge < -0.3 is 40.4 Å². The van der Waals surface area contributed by atoms with Crippen LogP contribution in [0.2, 0.25) is 0 Å². The molecule has 1 aromatic heterocycles. The molecular formula is C38H49N7O9S. The number of thiocarbonyl (C=S) groups is 1. The molecule has 2 aromatic carbocycles. The number of nitrogens with zero attached hydrogens (tertiary/aromatic N) is 4. The van der Waals surface area contributed by atoms with Crippen molar-refractivity contribution in [3.63, 3.8) is 0 Å². The van der Waals surface area contributed by atoms with Crippen molar-refractivity contribution in [2.24, 2.45) is 0 Å². The summed E-state index contributed by atoms with van der Waals surface area (Å²) in [5.74, 6) is -1.88. The molecule has 16 nitrogen and oxygen atoms in total. The number of carboxylic acids is 2. The number of rotatable bonds is 16. The number of carbonyl (C=O) groups excluding carboxylic acids is 2. The van der Waals surface area contributed by atoms with E-state index in [4.69, 9.17) is 31.4 Å². The third-order valence-corrected chi connectivity index (χ3v) is 8.71. The highest BCUT2D eigenvalue weighted by Gasteiger charge is 2.26. The number of ether oxygens (including phenoxy) is 3. The lowest BCUT2D eigenvalue weighted by Gasteiger charge is -2.35. The number of benzene rings is 2. The lowest BCUT2D eigenvalue weighted by molar-refractivity contribution is -0.141. The summed E-state index contributed by atoms with van der Waals surface area (Å²) in [4.78, 5) is 58.2. The lowest BCUT2D eigenvalue weighted by Crippen LogP contribution is -2.49. The normalized spacial score (nSPS) is 15.5. The fraction of sp³-hybridized carbons (Fsp3) is 0.421. The first-order valence-corrected chi connectivity index (χ1v) is 18.4. The van der Waals surface area contributed by atoms with Crippen LogP contribution in [-0.4, -0.2) is 138 Å². The van der Waals surface area contributed by atoms with E-state index < -0.39 is 18.1 Å². The van der Waals surface area contributed by atoms with Crippen LogP contribution in [0.25, 0.3) is 0 Å². The zero-order chi connectivity index (χ0) is 39.6. The Morgan fingerprint density at radius 1 is 0.873 bits per heavy atom. The summed E-state index contributed by atoms with van der Waals surface area (Å²) in [6.45, 7) is 5.15. The van der Waals surface area contributed by atoms with E-state index in [0.29, 0.717) is 69.5 Å². The number of nitrogens with one attached hydrogen (secondary N) is 3. The molecule has 2 heterocycles. The first kappa shape index (κ1) is 42.5. The number of aromatic nitrogens is 1. The van der Waals surface area contributed by atoms with E-state index in [2.05, 4.69) is 20.9 Å². The third kappa shape index (κ3) is 15.6. The minimum absolute atomic E-state index is 0.0151. The van der Waals surface area contributed by atoms with Crippen molar-refractivity contribution in [2.75, 3.05) is 78.0 Å². The highest BCUT2D eigenvalue weighted by molar-refractivity contribution is 7.80. The molecule has 55 heavy (non-hydrogen) atoms. The number of pyridine rings is 1. The topological polar surface area (TPSA) is 195 Å². The average molecular weight is 780 g/mol. The van der Waals surface area contributed by atoms with E-state index in [1.54, 1.807) is 12.1 Å². The van der Waals surface area contributed by atoms with Crippen LogP contribution in [0.1, 0.15) is 34.2 Å². The maximum absolute atomic E-state index is 12.0. The Hall–Kier alpha value is -5.20. The van der Waals surface area contributed by atoms with Gasteiger partial charge >= 0.3 is 18.1 Å². The number of hydrogen-bond donors (Lipinski definition) is 5. The van der Waals surface area contributed by atoms with Gasteiger partial charge in [0.15, 0.2) is 5.11 Å². The molecule has 17 heteroatoms. The number of anilines is 1. The number of amides is 1. The quantitative estimate of drug-likeness (QED) is 0.0616. The van der Waals surface area contributed by atoms with Gasteiger partial charge in [-0.3, -0.25) is 34.1 Å². The van der Waals surface area contributed by atoms with Crippen molar-refractivity contribution in [3.05, 3.63) is 89.2 Å². The van der Waals surface area contributed by atoms with Gasteiger partial charge in [-0.2, -0.15) is 0 Å². The highest BCUT2D eigenvalue weighted by Crippen LogP contribution is 2.18. The van der Waals surface area contributed by atoms with Gasteiger partial charge in [0.2, 0.25) is 0 Å². The summed E-state index contributed by atoms with van der Waals surface area (Å²) in [6.07, 6.45) is -0.406. The minimum Gasteiger partial charge on any atom is -0.480 e. The molecule has 0 aliphatic carbocycles. The molecule has 0 saturated heterocycles. The van der Waals surface area contributed by atoms with E-state index in [9.17, 15) is 29.4 Å². The second-order valence-corrected chi connectivity index (χ2v) is 13.3. The van der Waals surface area contributed by atoms with Gasteiger partial charge in [0.1, 0.15) is 12.4 Å². The van der Waals surface area contributed by atoms with E-state index in [1.807, 2.05) is 66.2 Å². The van der Waals surface area contributed by atoms with Crippen LogP contribution >= 0.6 is 12.2 Å². The summed E-state index contributed by atoms with van der Waals surface area (Å²) >= 11 is 5.43. The fourth-order valence-corrected chi connectivity index (χ4v) is 6.08. The Morgan fingerprint density at radius 2 is 1.58 bits per heavy atom. The van der Waals surface area contributed by atoms with Crippen molar-refractivity contribution < 1.29 is 43.6 Å². The molecule has 296 valence electrons. The van der Waals surface area contributed by atoms with Gasteiger partial charge in [0.05, 0.1) is 37.7 Å². The van der Waals surface area contributed by atoms with E-state index >= 15 is 0 Å². The van der Waals surface area contributed by atoms with Crippen molar-refractivity contribution in [1.29, 1.82) is 0 Å². The van der Waals surface area contributed by atoms with Crippen molar-refractivity contribution in [3.8, 4) is 5.75 Å². The zero-order valence-corrected chi connectivity index (χ0v) is 31.9. The van der Waals surface area contributed by atoms with Crippen LogP contribution in [-0.2, 0) is 38.6 Å². The molecule has 0 spiro atoms. The molecule has 0 saturated carbocycles. The Labute approximate surface area is 325 Å². The molecule has 3 aromatic rings. The molecule has 1 aliphatic rings. The molecule has 0 fully saturated rings. The van der Waals surface area contributed by atoms with Crippen LogP contribution in [0, 0.1) is 0 Å². The monoisotopic (exact) mass is 779 g/mol. The largest absolute Gasteiger partial charge is 0.513 e. The van der Waals surface area contributed by atoms with Gasteiger partial charge in [-0.05, 0) is 86.7 Å². The Kier molecular flexibility index (Phi) is 17.2. The van der Waals surface area contributed by atoms with E-state index in [1.165, 1.54) is 12.1 Å². The van der Waals surface area contributed by atoms with Crippen molar-refractivity contribution in [1.82, 2.24) is 30.3 Å². The Bertz CT molecular complexity index is 1730. The summed E-state index contributed by atoms with van der Waals surface area (Å²) in [5.41, 5.74) is 3.75. The van der Waals surface area contributed by atoms with E-state index in [-0.39, 0.29) is 44.0 Å². The highest BCUT2D eigenvalue weighted by atomic mass is 32.1. The van der Waals surface area contributed by atoms with Gasteiger partial charge in [-0.1, -0.05) is 18.2 Å². The molecule has 1 aliphatic heterocycles. The zero-order valence-electron chi connectivity index (χ0n) is 31.1. The molecule has 4 rings (SSSR count). The summed E-state index contributed by atoms with van der Waals surface area (Å²) in [5, 5.41) is 28.8. The molecular weight excluding hydrogens is 731 g/mol. The second kappa shape index (κ2) is 22.2. The number of fused-ring (bicyclic) bond motifs is 2. The molecule has 1 unspecified atom stereocenters. The number of likely N-dealkylation sites (N-methyl/N-ethyl adjacent to an activating group) is 1. The predicted molar refractivity (Wildman–Crippen MR) is 208 cm³/mol. The van der Waals surface area contributed by atoms with Gasteiger partial charge in [-0.15, -0.1) is 0 Å². The standard InChI is InChI=1S/C38H49N7O9S/c1-3-39-36(50)28-9-13-33(14-10-28)54-38(51)53-20-19-52-18-15-40-37(55)42-29-11-7-27(8-12-29)21-32-24-44(25-34(46)47)17-16-43(2)22-30-5-4-6-31(41-30)23-45(32)26-35(48)49/h4-14,32H,3,15-26H2,1-2H3,(H,39,50)(H,46,47)(H,48,49)(H2,40,42,55). The third-order valence-electron chi connectivity index (χ3n) is 8.46. The Morgan fingerprint density at radius 3 is 2.27 bits per heavy atom. The smallest absolute Gasteiger partial charge is 0.480 e. The molecule has 1 amide bonds. The summed E-state index contributed by atoms with van der Waals surface area (Å²) < 4.78 is 15.6. The van der Waals surface area contributed by atoms with E-state index in [0.717, 1.165) is 22.6 Å². The summed E-state index contributed by atoms with van der Waals surface area (Å²) in [7, 11) is 1.97. The van der Waals surface area contributed by atoms with Gasteiger partial charge in [0.25, 0.3) is 5.91 Å². The predicted octanol–water partition coefficient (Wildman–Crippen LogP) is 2.68. The minimum atomic E-state index is -0.976. The fourth-order valence-electron chi connectivity index (χ4n) is 5.86. The number of carbonyl (C=O) groups is 4. The molecule has 0 radical (unpaired) electrons. The molecule has 2 bridgehead atoms. The van der Waals surface area contributed by atoms with Crippen LogP contribution < -0.4 is 20.7 Å². The first-order chi connectivity index (χ1) is 26.5. The van der Waals surface area contributed by atoms with Crippen LogP contribution in [0.15, 0.2) is 66.7 Å². The lowest BCUT2D eigenvalue weighted by atomic mass is 10.0. The average Bonchev–Trinajstić information content (AvgIpc) is 3.13. The number of hydrogen-bond acceptors (Lipinski definition) is 12. The molecule has 5 N–H and O–H groups in total. The van der Waals surface area contributed by atoms with Crippen LogP contribution in [0.3, 0.4) is 0 Å². The van der Waals surface area contributed by atoms with Crippen LogP contribution in [0.4, 0.5) is 10.5 Å². The SMILES string of the molecule is CCNC(=O)c1ccc(OC(=O)OCCOCCNC(=S)Nc2ccc(CC3CN(CC(=O)O)CCN(C)Cc4cccc(n4)CN3CC(=O)O)cc2)cc1. The van der Waals surface area contributed by atoms with Crippen molar-refractivity contribution >= 4 is 47.0 Å². The van der Waals surface area contributed by atoms with Crippen LogP contribution in [0.5, 0.6) is 5.75 Å². The molecule has 1 atom stereocenters. The number of carboxylic acid groups (broad SMARTS) is 2. The number of aliphatic carboxylic acids is 2. The second-order valence-electron chi connectivity index (χ2n) is 12.9. The van der Waals surface area contributed by atoms with Gasteiger partial charge in [-0.25, -0.2) is 4.79 Å². The summed E-state index contributed by atoms with van der Waals surface area (Å²) in [6, 6.07) is 19.2. The Balaban J connectivity index is 1.23. The van der Waals surface area contributed by atoms with Crippen molar-refractivity contribution in [2.45, 2.75) is 32.5 Å². The van der Waals surface area contributed by atoms with Gasteiger partial charge in [0, 0.05) is 63.1 Å².